The van der Waals surface area contributed by atoms with Gasteiger partial charge in [-0.3, -0.25) is 4.98 Å². The van der Waals surface area contributed by atoms with Gasteiger partial charge in [-0.25, -0.2) is 9.97 Å². The maximum absolute atomic E-state index is 4.72. The summed E-state index contributed by atoms with van der Waals surface area (Å²) in [6, 6.07) is 11.6. The summed E-state index contributed by atoms with van der Waals surface area (Å²) in [7, 11) is 0. The molecular formula is C18H14BrN7S. The standard InChI is InChI=1S/C18H14BrN7S/c1-11-12(2)21-16(13-4-3-9-20-10-13)22-17(11)27-18-23-24-25-26(18)15-7-5-14(19)6-8-15/h3-10H,1-2H3. The molecule has 0 fully saturated rings. The van der Waals surface area contributed by atoms with Crippen molar-refractivity contribution in [3.8, 4) is 17.1 Å². The van der Waals surface area contributed by atoms with E-state index >= 15 is 0 Å². The van der Waals surface area contributed by atoms with E-state index < -0.39 is 0 Å². The largest absolute Gasteiger partial charge is 0.264 e. The number of nitrogens with zero attached hydrogens (tertiary/aromatic N) is 7. The molecule has 0 radical (unpaired) electrons. The van der Waals surface area contributed by atoms with Gasteiger partial charge in [-0.05, 0) is 72.4 Å². The van der Waals surface area contributed by atoms with E-state index in [1.807, 2.05) is 50.2 Å². The maximum Gasteiger partial charge on any atom is 0.220 e. The lowest BCUT2D eigenvalue weighted by molar-refractivity contribution is 0.755. The molecule has 0 aliphatic rings. The van der Waals surface area contributed by atoms with Gasteiger partial charge in [0.15, 0.2) is 5.82 Å². The minimum absolute atomic E-state index is 0.635. The Morgan fingerprint density at radius 3 is 2.59 bits per heavy atom. The third-order valence-electron chi connectivity index (χ3n) is 3.96. The van der Waals surface area contributed by atoms with Crippen molar-refractivity contribution in [3.63, 3.8) is 0 Å². The smallest absolute Gasteiger partial charge is 0.220 e. The molecule has 0 atom stereocenters. The average Bonchev–Trinajstić information content (AvgIpc) is 3.15. The molecule has 3 aromatic heterocycles. The molecule has 1 aromatic carbocycles. The summed E-state index contributed by atoms with van der Waals surface area (Å²) in [5.74, 6) is 0.636. The summed E-state index contributed by atoms with van der Waals surface area (Å²) >= 11 is 4.85. The Balaban J connectivity index is 1.73. The minimum atomic E-state index is 0.635. The van der Waals surface area contributed by atoms with Gasteiger partial charge in [0.25, 0.3) is 0 Å². The van der Waals surface area contributed by atoms with Crippen molar-refractivity contribution in [3.05, 3.63) is 64.5 Å². The van der Waals surface area contributed by atoms with E-state index in [2.05, 4.69) is 41.4 Å². The molecule has 0 aliphatic heterocycles. The van der Waals surface area contributed by atoms with Gasteiger partial charge in [0, 0.05) is 33.7 Å². The Hall–Kier alpha value is -2.65. The summed E-state index contributed by atoms with van der Waals surface area (Å²) in [6.45, 7) is 3.97. The molecule has 0 bridgehead atoms. The van der Waals surface area contributed by atoms with Crippen molar-refractivity contribution in [2.24, 2.45) is 0 Å². The predicted octanol–water partition coefficient (Wildman–Crippen LogP) is 4.04. The van der Waals surface area contributed by atoms with Gasteiger partial charge in [0.1, 0.15) is 5.03 Å². The van der Waals surface area contributed by atoms with E-state index in [0.29, 0.717) is 11.0 Å². The zero-order valence-corrected chi connectivity index (χ0v) is 16.9. The Kier molecular flexibility index (Phi) is 4.95. The normalized spacial score (nSPS) is 10.9. The van der Waals surface area contributed by atoms with Crippen molar-refractivity contribution >= 4 is 27.7 Å². The summed E-state index contributed by atoms with van der Waals surface area (Å²) in [5, 5.41) is 13.6. The van der Waals surface area contributed by atoms with Crippen molar-refractivity contribution in [2.45, 2.75) is 24.0 Å². The monoisotopic (exact) mass is 439 g/mol. The second-order valence-corrected chi connectivity index (χ2v) is 7.63. The number of aryl methyl sites for hydroxylation is 1. The molecule has 0 saturated heterocycles. The van der Waals surface area contributed by atoms with E-state index in [-0.39, 0.29) is 0 Å². The first-order valence-electron chi connectivity index (χ1n) is 8.09. The summed E-state index contributed by atoms with van der Waals surface area (Å²) in [5.41, 5.74) is 3.66. The van der Waals surface area contributed by atoms with Crippen molar-refractivity contribution in [1.29, 1.82) is 0 Å². The average molecular weight is 440 g/mol. The highest BCUT2D eigenvalue weighted by Gasteiger charge is 2.16. The van der Waals surface area contributed by atoms with Crippen molar-refractivity contribution in [2.75, 3.05) is 0 Å². The molecule has 4 aromatic rings. The van der Waals surface area contributed by atoms with Crippen LogP contribution in [0.2, 0.25) is 0 Å². The van der Waals surface area contributed by atoms with Crippen LogP contribution in [0.15, 0.2) is 63.4 Å². The van der Waals surface area contributed by atoms with Gasteiger partial charge in [0.2, 0.25) is 5.16 Å². The van der Waals surface area contributed by atoms with Crippen LogP contribution in [0.4, 0.5) is 0 Å². The number of hydrogen-bond acceptors (Lipinski definition) is 7. The lowest BCUT2D eigenvalue weighted by Crippen LogP contribution is -2.02. The zero-order valence-electron chi connectivity index (χ0n) is 14.5. The zero-order chi connectivity index (χ0) is 18.8. The van der Waals surface area contributed by atoms with E-state index in [1.165, 1.54) is 11.8 Å². The predicted molar refractivity (Wildman–Crippen MR) is 106 cm³/mol. The highest BCUT2D eigenvalue weighted by atomic mass is 79.9. The maximum atomic E-state index is 4.72. The molecule has 7 nitrogen and oxygen atoms in total. The quantitative estimate of drug-likeness (QED) is 0.443. The van der Waals surface area contributed by atoms with Gasteiger partial charge in [-0.2, -0.15) is 4.68 Å². The molecule has 3 heterocycles. The molecule has 9 heteroatoms. The van der Waals surface area contributed by atoms with Crippen LogP contribution in [0, 0.1) is 13.8 Å². The molecule has 134 valence electrons. The van der Waals surface area contributed by atoms with Gasteiger partial charge >= 0.3 is 0 Å². The lowest BCUT2D eigenvalue weighted by Gasteiger charge is -2.10. The fourth-order valence-corrected chi connectivity index (χ4v) is 3.58. The second kappa shape index (κ2) is 7.53. The fraction of sp³-hybridized carbons (Fsp3) is 0.111. The topological polar surface area (TPSA) is 82.3 Å². The molecule has 0 N–H and O–H groups in total. The highest BCUT2D eigenvalue weighted by Crippen LogP contribution is 2.31. The first-order valence-corrected chi connectivity index (χ1v) is 9.70. The summed E-state index contributed by atoms with van der Waals surface area (Å²) in [4.78, 5) is 13.5. The van der Waals surface area contributed by atoms with Gasteiger partial charge in [0.05, 0.1) is 5.69 Å². The third kappa shape index (κ3) is 3.74. The van der Waals surface area contributed by atoms with Crippen LogP contribution in [0.3, 0.4) is 0 Å². The summed E-state index contributed by atoms with van der Waals surface area (Å²) in [6.07, 6.45) is 3.48. The summed E-state index contributed by atoms with van der Waals surface area (Å²) < 4.78 is 2.69. The Labute approximate surface area is 168 Å². The molecule has 0 spiro atoms. The first kappa shape index (κ1) is 17.7. The van der Waals surface area contributed by atoms with Crippen molar-refractivity contribution < 1.29 is 0 Å². The third-order valence-corrected chi connectivity index (χ3v) is 5.52. The van der Waals surface area contributed by atoms with Gasteiger partial charge < -0.3 is 0 Å². The van der Waals surface area contributed by atoms with E-state index in [0.717, 1.165) is 32.0 Å². The number of hydrogen-bond donors (Lipinski definition) is 0. The van der Waals surface area contributed by atoms with Crippen LogP contribution >= 0.6 is 27.7 Å². The van der Waals surface area contributed by atoms with E-state index in [4.69, 9.17) is 4.98 Å². The van der Waals surface area contributed by atoms with Crippen LogP contribution in [0.1, 0.15) is 11.3 Å². The van der Waals surface area contributed by atoms with Crippen LogP contribution < -0.4 is 0 Å². The number of pyridine rings is 1. The van der Waals surface area contributed by atoms with E-state index in [9.17, 15) is 0 Å². The second-order valence-electron chi connectivity index (χ2n) is 5.76. The molecule has 27 heavy (non-hydrogen) atoms. The number of tetrazole rings is 1. The lowest BCUT2D eigenvalue weighted by atomic mass is 10.2. The SMILES string of the molecule is Cc1nc(-c2cccnc2)nc(Sc2nnnn2-c2ccc(Br)cc2)c1C. The molecule has 0 amide bonds. The Morgan fingerprint density at radius 1 is 1.04 bits per heavy atom. The van der Waals surface area contributed by atoms with Gasteiger partial charge in [-0.1, -0.05) is 15.9 Å². The first-order chi connectivity index (χ1) is 13.1. The molecule has 4 rings (SSSR count). The van der Waals surface area contributed by atoms with E-state index in [1.54, 1.807) is 17.1 Å². The molecule has 0 unspecified atom stereocenters. The Bertz CT molecular complexity index is 1080. The minimum Gasteiger partial charge on any atom is -0.264 e. The van der Waals surface area contributed by atoms with Crippen LogP contribution in [0.5, 0.6) is 0 Å². The fourth-order valence-electron chi connectivity index (χ4n) is 2.40. The van der Waals surface area contributed by atoms with Crippen LogP contribution in [-0.4, -0.2) is 35.2 Å². The number of aromatic nitrogens is 7. The number of halogens is 1. The Morgan fingerprint density at radius 2 is 1.85 bits per heavy atom. The van der Waals surface area contributed by atoms with Crippen LogP contribution in [0.25, 0.3) is 17.1 Å². The number of benzene rings is 1. The molecule has 0 aliphatic carbocycles. The molecule has 0 saturated carbocycles. The van der Waals surface area contributed by atoms with Crippen molar-refractivity contribution in [1.82, 2.24) is 35.2 Å². The van der Waals surface area contributed by atoms with Gasteiger partial charge in [-0.15, -0.1) is 5.10 Å². The molecular weight excluding hydrogens is 426 g/mol. The number of rotatable bonds is 4. The highest BCUT2D eigenvalue weighted by molar-refractivity contribution is 9.10. The van der Waals surface area contributed by atoms with Crippen LogP contribution in [-0.2, 0) is 0 Å².